The van der Waals surface area contributed by atoms with Crippen LogP contribution in [0.15, 0.2) is 242 Å². The third kappa shape index (κ3) is 9.13. The number of benzene rings is 9. The van der Waals surface area contributed by atoms with E-state index in [-0.39, 0.29) is 57.2 Å². The van der Waals surface area contributed by atoms with Gasteiger partial charge in [-0.15, -0.1) is 0 Å². The molecule has 0 unspecified atom stereocenters. The first-order chi connectivity index (χ1) is 42.0. The van der Waals surface area contributed by atoms with Crippen LogP contribution in [0.2, 0.25) is 0 Å². The van der Waals surface area contributed by atoms with Gasteiger partial charge in [-0.1, -0.05) is 60.7 Å². The molecule has 0 radical (unpaired) electrons. The second-order valence-corrected chi connectivity index (χ2v) is 20.9. The van der Waals surface area contributed by atoms with Gasteiger partial charge in [0.1, 0.15) is 0 Å². The van der Waals surface area contributed by atoms with Crippen LogP contribution >= 0.6 is 0 Å². The van der Waals surface area contributed by atoms with Crippen LogP contribution in [0.1, 0.15) is 62.2 Å². The summed E-state index contributed by atoms with van der Waals surface area (Å²) in [5, 5.41) is 0. The fourth-order valence-corrected chi connectivity index (χ4v) is 11.3. The molecule has 6 nitrogen and oxygen atoms in total. The Labute approximate surface area is 474 Å². The van der Waals surface area contributed by atoms with Crippen LogP contribution in [0.25, 0.3) is 55.8 Å². The van der Waals surface area contributed by atoms with E-state index in [1.54, 1.807) is 44.2 Å². The third-order valence-electron chi connectivity index (χ3n) is 13.5. The quantitative estimate of drug-likeness (QED) is 0.114. The van der Waals surface area contributed by atoms with Crippen LogP contribution in [-0.2, 0) is 31.1 Å². The van der Waals surface area contributed by atoms with Crippen LogP contribution in [0, 0.1) is 9.72 Å². The Morgan fingerprint density at radius 1 is 0.579 bits per heavy atom. The van der Waals surface area contributed by atoms with Crippen molar-refractivity contribution in [1.29, 1.82) is 0 Å². The number of imidazole rings is 1. The van der Waals surface area contributed by atoms with Crippen LogP contribution in [0.3, 0.4) is 0 Å². The Bertz CT molecular complexity index is 4590. The maximum absolute atomic E-state index is 9.97. The zero-order chi connectivity index (χ0) is 62.4. The van der Waals surface area contributed by atoms with E-state index >= 15 is 0 Å². The molecular weight excluding hydrogens is 1110 g/mol. The molecule has 8 heteroatoms. The molecule has 374 valence electrons. The molecule has 1 aliphatic rings. The molecular formula is C68H58BN5OPt. The van der Waals surface area contributed by atoms with Crippen molar-refractivity contribution in [2.45, 2.75) is 46.4 Å². The van der Waals surface area contributed by atoms with Gasteiger partial charge < -0.3 is 0 Å². The van der Waals surface area contributed by atoms with E-state index < -0.39 is 67.6 Å². The van der Waals surface area contributed by atoms with Gasteiger partial charge in [0, 0.05) is 5.69 Å². The summed E-state index contributed by atoms with van der Waals surface area (Å²) < 4.78 is 122. The molecule has 0 saturated heterocycles. The van der Waals surface area contributed by atoms with Crippen LogP contribution < -0.4 is 19.8 Å². The minimum absolute atomic E-state index is 0.00615. The third-order valence-corrected chi connectivity index (χ3v) is 14.5. The summed E-state index contributed by atoms with van der Waals surface area (Å²) in [6, 6.07) is 53.1. The number of fused-ring (bicyclic) bond motifs is 2. The van der Waals surface area contributed by atoms with Crippen molar-refractivity contribution in [3.8, 4) is 56.4 Å². The normalized spacial score (nSPS) is 14.9. The van der Waals surface area contributed by atoms with E-state index in [2.05, 4.69) is 57.1 Å². The molecule has 0 amide bonds. The average Bonchev–Trinajstić information content (AvgIpc) is 1.43. The van der Waals surface area contributed by atoms with Gasteiger partial charge in [0.2, 0.25) is 0 Å². The number of ether oxygens (including phenoxy) is 1. The molecule has 0 N–H and O–H groups in total. The van der Waals surface area contributed by atoms with E-state index in [0.717, 1.165) is 44.7 Å². The fraction of sp³-hybridized carbons (Fsp3) is 0.118. The molecule has 3 heterocycles. The van der Waals surface area contributed by atoms with Gasteiger partial charge in [0.15, 0.2) is 0 Å². The fourth-order valence-electron chi connectivity index (χ4n) is 10.2. The summed E-state index contributed by atoms with van der Waals surface area (Å²) in [7, 11) is 0. The first-order valence-corrected chi connectivity index (χ1v) is 26.3. The average molecular weight is 1180 g/mol. The molecule has 0 spiro atoms. The van der Waals surface area contributed by atoms with Crippen molar-refractivity contribution in [3.05, 3.63) is 257 Å². The zero-order valence-electron chi connectivity index (χ0n) is 54.4. The summed E-state index contributed by atoms with van der Waals surface area (Å²) in [4.78, 5) is 9.58. The number of anilines is 4. The second kappa shape index (κ2) is 20.5. The van der Waals surface area contributed by atoms with Crippen molar-refractivity contribution in [2.24, 2.45) is 5.92 Å². The molecule has 0 atom stereocenters. The maximum atomic E-state index is 9.97. The summed E-state index contributed by atoms with van der Waals surface area (Å²) in [5.74, 6) is -0.468. The summed E-state index contributed by atoms with van der Waals surface area (Å²) >= 11 is 2.25. The predicted molar refractivity (Wildman–Crippen MR) is 313 cm³/mol. The summed E-state index contributed by atoms with van der Waals surface area (Å²) in [5.41, 5.74) is 8.53. The second-order valence-electron chi connectivity index (χ2n) is 19.9. The van der Waals surface area contributed by atoms with Crippen LogP contribution in [0.5, 0.6) is 11.6 Å². The monoisotopic (exact) mass is 1180 g/mol. The van der Waals surface area contributed by atoms with Gasteiger partial charge in [-0.25, -0.2) is 0 Å². The Balaban J connectivity index is 1.11. The van der Waals surface area contributed by atoms with Crippen molar-refractivity contribution in [3.63, 3.8) is 0 Å². The first-order valence-electron chi connectivity index (χ1n) is 31.2. The van der Waals surface area contributed by atoms with E-state index in [1.807, 2.05) is 153 Å². The minimum atomic E-state index is -2.23. The molecule has 12 rings (SSSR count). The van der Waals surface area contributed by atoms with E-state index in [1.165, 1.54) is 0 Å². The van der Waals surface area contributed by atoms with Gasteiger partial charge in [0.05, 0.1) is 1.37 Å². The zero-order valence-corrected chi connectivity index (χ0v) is 44.7. The molecule has 2 aromatic heterocycles. The van der Waals surface area contributed by atoms with Crippen molar-refractivity contribution >= 4 is 46.4 Å². The van der Waals surface area contributed by atoms with Gasteiger partial charge in [-0.3, -0.25) is 0 Å². The Morgan fingerprint density at radius 2 is 1.14 bits per heavy atom. The van der Waals surface area contributed by atoms with Crippen molar-refractivity contribution < 1.29 is 40.5 Å². The molecule has 0 aliphatic carbocycles. The van der Waals surface area contributed by atoms with Crippen LogP contribution in [0.4, 0.5) is 22.9 Å². The summed E-state index contributed by atoms with van der Waals surface area (Å²) in [6.45, 7) is 9.29. The first kappa shape index (κ1) is 36.7. The van der Waals surface area contributed by atoms with E-state index in [4.69, 9.17) is 17.9 Å². The molecule has 1 aliphatic heterocycles. The predicted octanol–water partition coefficient (Wildman–Crippen LogP) is 16.9. The number of aromatic nitrogens is 3. The standard InChI is InChI=1S/C68H58BN5O.Pt/c1-48(2)44-52-45-64(74-63-39-21-20-38-62(63)73(55-30-16-9-17-31-55)69(74)54-28-14-8-15-29-54)70-67(65(52)51-26-12-7-13-27-51)75-57-33-22-32-56(46-57)71-47-72(61-37-19-18-36-60(61)71)66-58(49-24-10-6-11-25-49)34-23-35-59(66)50-40-42-53(43-41-50)68(3,4)5;/h6-43,45-46,48H,44H2,1-5H3;/i6D,7D,10D,11D,12D,13D,24D,25D,26D,27D,44D2;. The van der Waals surface area contributed by atoms with Gasteiger partial charge in [-0.05, 0) is 18.2 Å². The molecule has 11 aromatic rings. The summed E-state index contributed by atoms with van der Waals surface area (Å²) in [6.07, 6.45) is -2.23. The molecule has 76 heavy (non-hydrogen) atoms. The SMILES string of the molecule is [2H]c1c([2H])c([2H])c(-c2cccc(-c3ccc(C(C)(C)C)cc3)c2-n2[c](=[Pt])n(-c3cccc(Oc4nc(N5B(c6ccccc6)N(c6ccccc6)c6ccccc65)cc(C([2H])([2H])C(C)C)c4-c4c([2H])c([2H])c([2H])c([2H])c4[2H])c3)c3ccccc32)c([2H])c1[2H]. The van der Waals surface area contributed by atoms with Crippen molar-refractivity contribution in [2.75, 3.05) is 9.62 Å². The van der Waals surface area contributed by atoms with Gasteiger partial charge >= 0.3 is 391 Å². The topological polar surface area (TPSA) is 38.5 Å². The molecule has 9 aromatic carbocycles. The van der Waals surface area contributed by atoms with Gasteiger partial charge in [-0.2, -0.15) is 0 Å². The van der Waals surface area contributed by atoms with E-state index in [0.29, 0.717) is 26.3 Å². The number of rotatable bonds is 12. The molecule has 0 fully saturated rings. The number of pyridine rings is 1. The Kier molecular flexibility index (Phi) is 9.87. The molecule has 0 saturated carbocycles. The Morgan fingerprint density at radius 3 is 1.80 bits per heavy atom. The Hall–Kier alpha value is -8.25. The van der Waals surface area contributed by atoms with Crippen molar-refractivity contribution in [1.82, 2.24) is 14.1 Å². The van der Waals surface area contributed by atoms with Gasteiger partial charge in [0.25, 0.3) is 0 Å². The molecule has 0 bridgehead atoms. The number of hydrogen-bond acceptors (Lipinski definition) is 4. The number of hydrogen-bond donors (Lipinski definition) is 0. The number of para-hydroxylation sites is 6. The van der Waals surface area contributed by atoms with E-state index in [9.17, 15) is 8.22 Å². The van der Waals surface area contributed by atoms with Crippen LogP contribution in [-0.4, -0.2) is 21.1 Å². The number of nitrogens with zero attached hydrogens (tertiary/aromatic N) is 5.